The van der Waals surface area contributed by atoms with E-state index in [0.29, 0.717) is 17.7 Å². The molecule has 5 heteroatoms. The molecular weight excluding hydrogens is 328 g/mol. The van der Waals surface area contributed by atoms with Gasteiger partial charge in [0.15, 0.2) is 0 Å². The SMILES string of the molecule is CCCCC(=O)C(C)(Cc1ccc(-c2ccccc2C#N)cn1)C(=O)O. The van der Waals surface area contributed by atoms with E-state index in [-0.39, 0.29) is 18.6 Å². The minimum atomic E-state index is -1.48. The first-order chi connectivity index (χ1) is 12.4. The molecule has 0 aliphatic rings. The third-order valence-corrected chi connectivity index (χ3v) is 4.56. The summed E-state index contributed by atoms with van der Waals surface area (Å²) in [5, 5.41) is 18.8. The number of carbonyl (C=O) groups is 2. The zero-order valence-corrected chi connectivity index (χ0v) is 15.0. The van der Waals surface area contributed by atoms with Crippen molar-refractivity contribution in [2.24, 2.45) is 5.41 Å². The summed E-state index contributed by atoms with van der Waals surface area (Å²) >= 11 is 0. The number of carboxylic acids is 1. The minimum absolute atomic E-state index is 0.0467. The van der Waals surface area contributed by atoms with Crippen LogP contribution in [0, 0.1) is 16.7 Å². The van der Waals surface area contributed by atoms with Gasteiger partial charge in [-0.3, -0.25) is 14.6 Å². The van der Waals surface area contributed by atoms with Crippen LogP contribution in [0.15, 0.2) is 42.6 Å². The number of nitrogens with zero attached hydrogens (tertiary/aromatic N) is 2. The molecule has 0 radical (unpaired) electrons. The molecule has 5 nitrogen and oxygen atoms in total. The monoisotopic (exact) mass is 350 g/mol. The largest absolute Gasteiger partial charge is 0.480 e. The first-order valence-corrected chi connectivity index (χ1v) is 8.63. The van der Waals surface area contributed by atoms with Gasteiger partial charge in [-0.1, -0.05) is 37.6 Å². The van der Waals surface area contributed by atoms with Crippen LogP contribution in [-0.2, 0) is 16.0 Å². The third-order valence-electron chi connectivity index (χ3n) is 4.56. The fourth-order valence-electron chi connectivity index (χ4n) is 2.79. The van der Waals surface area contributed by atoms with Crippen LogP contribution in [0.3, 0.4) is 0 Å². The molecule has 1 unspecified atom stereocenters. The molecule has 1 atom stereocenters. The Hall–Kier alpha value is -3.00. The molecule has 0 saturated carbocycles. The average Bonchev–Trinajstić information content (AvgIpc) is 2.66. The number of carboxylic acid groups (broad SMARTS) is 1. The van der Waals surface area contributed by atoms with Crippen molar-refractivity contribution in [2.75, 3.05) is 0 Å². The number of aliphatic carboxylic acids is 1. The van der Waals surface area contributed by atoms with Gasteiger partial charge in [0, 0.05) is 35.9 Å². The van der Waals surface area contributed by atoms with E-state index >= 15 is 0 Å². The Morgan fingerprint density at radius 2 is 1.96 bits per heavy atom. The molecule has 1 N–H and O–H groups in total. The van der Waals surface area contributed by atoms with Crippen molar-refractivity contribution < 1.29 is 14.7 Å². The van der Waals surface area contributed by atoms with Gasteiger partial charge in [0.1, 0.15) is 11.2 Å². The fraction of sp³-hybridized carbons (Fsp3) is 0.333. The predicted octanol–water partition coefficient (Wildman–Crippen LogP) is 4.01. The number of carbonyl (C=O) groups excluding carboxylic acids is 1. The summed E-state index contributed by atoms with van der Waals surface area (Å²) in [7, 11) is 0. The molecule has 0 saturated heterocycles. The van der Waals surface area contributed by atoms with E-state index in [0.717, 1.165) is 17.5 Å². The average molecular weight is 350 g/mol. The molecule has 0 fully saturated rings. The molecule has 0 amide bonds. The van der Waals surface area contributed by atoms with Gasteiger partial charge in [-0.15, -0.1) is 0 Å². The second kappa shape index (κ2) is 8.39. The number of unbranched alkanes of at least 4 members (excludes halogenated alkanes) is 1. The highest BCUT2D eigenvalue weighted by molar-refractivity contribution is 6.02. The van der Waals surface area contributed by atoms with Crippen molar-refractivity contribution in [1.29, 1.82) is 5.26 Å². The lowest BCUT2D eigenvalue weighted by molar-refractivity contribution is -0.153. The number of ketones is 1. The van der Waals surface area contributed by atoms with E-state index in [2.05, 4.69) is 11.1 Å². The molecule has 1 heterocycles. The summed E-state index contributed by atoms with van der Waals surface area (Å²) in [6.45, 7) is 3.43. The lowest BCUT2D eigenvalue weighted by Gasteiger charge is -2.23. The molecule has 0 spiro atoms. The Kier molecular flexibility index (Phi) is 6.24. The number of hydrogen-bond donors (Lipinski definition) is 1. The molecule has 0 bridgehead atoms. The second-order valence-corrected chi connectivity index (χ2v) is 6.54. The van der Waals surface area contributed by atoms with Crippen LogP contribution in [0.25, 0.3) is 11.1 Å². The van der Waals surface area contributed by atoms with Gasteiger partial charge in [-0.05, 0) is 25.5 Å². The summed E-state index contributed by atoms with van der Waals surface area (Å²) in [6.07, 6.45) is 3.44. The zero-order valence-electron chi connectivity index (χ0n) is 15.0. The Morgan fingerprint density at radius 1 is 1.23 bits per heavy atom. The first kappa shape index (κ1) is 19.3. The van der Waals surface area contributed by atoms with Crippen LogP contribution in [0.4, 0.5) is 0 Å². The van der Waals surface area contributed by atoms with Gasteiger partial charge in [0.25, 0.3) is 0 Å². The molecule has 1 aromatic carbocycles. The van der Waals surface area contributed by atoms with Gasteiger partial charge in [0.05, 0.1) is 11.6 Å². The molecule has 2 aromatic rings. The van der Waals surface area contributed by atoms with Crippen molar-refractivity contribution in [2.45, 2.75) is 39.5 Å². The maximum atomic E-state index is 12.4. The van der Waals surface area contributed by atoms with Crippen LogP contribution in [0.5, 0.6) is 0 Å². The fourth-order valence-corrected chi connectivity index (χ4v) is 2.79. The normalized spacial score (nSPS) is 12.8. The van der Waals surface area contributed by atoms with E-state index < -0.39 is 11.4 Å². The second-order valence-electron chi connectivity index (χ2n) is 6.54. The van der Waals surface area contributed by atoms with E-state index in [9.17, 15) is 20.0 Å². The summed E-state index contributed by atoms with van der Waals surface area (Å²) in [4.78, 5) is 28.5. The van der Waals surface area contributed by atoms with Gasteiger partial charge in [0.2, 0.25) is 0 Å². The van der Waals surface area contributed by atoms with Gasteiger partial charge in [-0.25, -0.2) is 0 Å². The maximum absolute atomic E-state index is 12.4. The van der Waals surface area contributed by atoms with Crippen LogP contribution in [-0.4, -0.2) is 21.8 Å². The van der Waals surface area contributed by atoms with Crippen molar-refractivity contribution in [1.82, 2.24) is 4.98 Å². The standard InChI is InChI=1S/C21H22N2O3/c1-3-4-9-19(24)21(2,20(25)26)12-17-11-10-16(14-23-17)18-8-6-5-7-15(18)13-22/h5-8,10-11,14H,3-4,9,12H2,1-2H3,(H,25,26). The lowest BCUT2D eigenvalue weighted by atomic mass is 9.79. The van der Waals surface area contributed by atoms with Crippen LogP contribution in [0.1, 0.15) is 44.4 Å². The highest BCUT2D eigenvalue weighted by Crippen LogP contribution is 2.28. The quantitative estimate of drug-likeness (QED) is 0.726. The molecular formula is C21H22N2O3. The number of benzene rings is 1. The van der Waals surface area contributed by atoms with Gasteiger partial charge >= 0.3 is 5.97 Å². The third kappa shape index (κ3) is 4.15. The summed E-state index contributed by atoms with van der Waals surface area (Å²) in [5.41, 5.74) is 1.16. The number of pyridine rings is 1. The lowest BCUT2D eigenvalue weighted by Crippen LogP contribution is -2.38. The van der Waals surface area contributed by atoms with Crippen molar-refractivity contribution in [3.63, 3.8) is 0 Å². The highest BCUT2D eigenvalue weighted by atomic mass is 16.4. The Bertz CT molecular complexity index is 837. The zero-order chi connectivity index (χ0) is 19.2. The van der Waals surface area contributed by atoms with Crippen molar-refractivity contribution in [3.8, 4) is 17.2 Å². The summed E-state index contributed by atoms with van der Waals surface area (Å²) in [5.74, 6) is -1.40. The van der Waals surface area contributed by atoms with Gasteiger partial charge < -0.3 is 5.11 Å². The molecule has 0 aliphatic heterocycles. The molecule has 26 heavy (non-hydrogen) atoms. The first-order valence-electron chi connectivity index (χ1n) is 8.63. The molecule has 1 aromatic heterocycles. The van der Waals surface area contributed by atoms with Crippen molar-refractivity contribution >= 4 is 11.8 Å². The summed E-state index contributed by atoms with van der Waals surface area (Å²) < 4.78 is 0. The van der Waals surface area contributed by atoms with E-state index in [1.54, 1.807) is 30.5 Å². The van der Waals surface area contributed by atoms with Crippen LogP contribution < -0.4 is 0 Å². The topological polar surface area (TPSA) is 91.0 Å². The van der Waals surface area contributed by atoms with Gasteiger partial charge in [-0.2, -0.15) is 5.26 Å². The molecule has 2 rings (SSSR count). The number of aromatic nitrogens is 1. The number of hydrogen-bond acceptors (Lipinski definition) is 4. The molecule has 0 aliphatic carbocycles. The minimum Gasteiger partial charge on any atom is -0.480 e. The Labute approximate surface area is 153 Å². The Morgan fingerprint density at radius 3 is 2.54 bits per heavy atom. The van der Waals surface area contributed by atoms with Crippen LogP contribution >= 0.6 is 0 Å². The molecule has 134 valence electrons. The van der Waals surface area contributed by atoms with E-state index in [4.69, 9.17) is 0 Å². The van der Waals surface area contributed by atoms with E-state index in [1.165, 1.54) is 6.92 Å². The number of nitriles is 1. The Balaban J connectivity index is 2.25. The number of rotatable bonds is 8. The summed E-state index contributed by atoms with van der Waals surface area (Å²) in [6, 6.07) is 12.9. The predicted molar refractivity (Wildman–Crippen MR) is 98.4 cm³/mol. The van der Waals surface area contributed by atoms with Crippen molar-refractivity contribution in [3.05, 3.63) is 53.9 Å². The number of Topliss-reactive ketones (excluding diaryl/α,β-unsaturated/α-hetero) is 1. The van der Waals surface area contributed by atoms with E-state index in [1.807, 2.05) is 19.1 Å². The maximum Gasteiger partial charge on any atom is 0.317 e. The van der Waals surface area contributed by atoms with Crippen LogP contribution in [0.2, 0.25) is 0 Å². The smallest absolute Gasteiger partial charge is 0.317 e. The highest BCUT2D eigenvalue weighted by Gasteiger charge is 2.40.